The molecule has 0 aromatic carbocycles. The summed E-state index contributed by atoms with van der Waals surface area (Å²) in [5.41, 5.74) is 9.10. The fourth-order valence-electron chi connectivity index (χ4n) is 0.786. The van der Waals surface area contributed by atoms with Crippen LogP contribution in [0.4, 0.5) is 0 Å². The SMILES string of the molecule is CCOC(=O)C(N)C(=O)NC(C)(C)C(N)=O. The molecule has 0 radical (unpaired) electrons. The standard InChI is InChI=1S/C9H17N3O4/c1-4-16-7(14)5(10)6(13)12-9(2,3)8(11)15/h5H,4,10H2,1-3H3,(H2,11,15)(H,12,13). The molecule has 0 saturated heterocycles. The number of nitrogens with one attached hydrogen (secondary N) is 1. The summed E-state index contributed by atoms with van der Waals surface area (Å²) in [6.45, 7) is 4.53. The second-order valence-corrected chi connectivity index (χ2v) is 3.71. The van der Waals surface area contributed by atoms with E-state index in [1.165, 1.54) is 13.8 Å². The summed E-state index contributed by atoms with van der Waals surface area (Å²) in [7, 11) is 0. The number of nitrogens with two attached hydrogens (primary N) is 2. The highest BCUT2D eigenvalue weighted by Gasteiger charge is 2.32. The molecule has 92 valence electrons. The van der Waals surface area contributed by atoms with Crippen LogP contribution in [0.1, 0.15) is 20.8 Å². The van der Waals surface area contributed by atoms with Crippen molar-refractivity contribution in [3.05, 3.63) is 0 Å². The maximum Gasteiger partial charge on any atom is 0.332 e. The van der Waals surface area contributed by atoms with Gasteiger partial charge in [-0.15, -0.1) is 0 Å². The molecule has 0 fully saturated rings. The van der Waals surface area contributed by atoms with E-state index >= 15 is 0 Å². The molecule has 0 saturated carbocycles. The van der Waals surface area contributed by atoms with Gasteiger partial charge in [-0.05, 0) is 20.8 Å². The summed E-state index contributed by atoms with van der Waals surface area (Å²) in [6.07, 6.45) is 0. The molecular weight excluding hydrogens is 214 g/mol. The number of hydrogen-bond acceptors (Lipinski definition) is 5. The first-order chi connectivity index (χ1) is 7.22. The molecule has 1 atom stereocenters. The van der Waals surface area contributed by atoms with E-state index < -0.39 is 29.4 Å². The Balaban J connectivity index is 4.47. The highest BCUT2D eigenvalue weighted by atomic mass is 16.5. The number of hydrogen-bond donors (Lipinski definition) is 3. The highest BCUT2D eigenvalue weighted by Crippen LogP contribution is 2.01. The van der Waals surface area contributed by atoms with E-state index in [0.29, 0.717) is 0 Å². The van der Waals surface area contributed by atoms with E-state index in [0.717, 1.165) is 0 Å². The third-order valence-electron chi connectivity index (χ3n) is 1.87. The molecule has 0 bridgehead atoms. The Morgan fingerprint density at radius 1 is 1.38 bits per heavy atom. The van der Waals surface area contributed by atoms with Crippen LogP contribution in [0, 0.1) is 0 Å². The molecule has 0 spiro atoms. The number of primary amides is 1. The molecule has 7 nitrogen and oxygen atoms in total. The normalized spacial score (nSPS) is 12.8. The van der Waals surface area contributed by atoms with Crippen molar-refractivity contribution in [2.45, 2.75) is 32.4 Å². The minimum atomic E-state index is -1.46. The van der Waals surface area contributed by atoms with E-state index in [9.17, 15) is 14.4 Å². The minimum absolute atomic E-state index is 0.124. The summed E-state index contributed by atoms with van der Waals surface area (Å²) < 4.78 is 4.56. The second-order valence-electron chi connectivity index (χ2n) is 3.71. The van der Waals surface area contributed by atoms with Crippen molar-refractivity contribution in [1.29, 1.82) is 0 Å². The molecule has 2 amide bonds. The Morgan fingerprint density at radius 3 is 2.25 bits per heavy atom. The van der Waals surface area contributed by atoms with Gasteiger partial charge in [-0.25, -0.2) is 4.79 Å². The van der Waals surface area contributed by atoms with E-state index in [4.69, 9.17) is 11.5 Å². The van der Waals surface area contributed by atoms with Crippen LogP contribution in [-0.2, 0) is 19.1 Å². The van der Waals surface area contributed by atoms with Gasteiger partial charge in [0.1, 0.15) is 5.54 Å². The van der Waals surface area contributed by atoms with Crippen molar-refractivity contribution >= 4 is 17.8 Å². The molecule has 0 heterocycles. The molecule has 0 rings (SSSR count). The molecule has 1 unspecified atom stereocenters. The number of carbonyl (C=O) groups excluding carboxylic acids is 3. The van der Waals surface area contributed by atoms with Gasteiger partial charge in [0.2, 0.25) is 11.8 Å². The van der Waals surface area contributed by atoms with Crippen molar-refractivity contribution in [3.63, 3.8) is 0 Å². The first-order valence-corrected chi connectivity index (χ1v) is 4.76. The average molecular weight is 231 g/mol. The number of esters is 1. The van der Waals surface area contributed by atoms with Crippen molar-refractivity contribution in [2.24, 2.45) is 11.5 Å². The van der Waals surface area contributed by atoms with Gasteiger partial charge in [-0.2, -0.15) is 0 Å². The fourth-order valence-corrected chi connectivity index (χ4v) is 0.786. The highest BCUT2D eigenvalue weighted by molar-refractivity contribution is 6.03. The number of ether oxygens (including phenoxy) is 1. The third-order valence-corrected chi connectivity index (χ3v) is 1.87. The molecule has 0 aliphatic heterocycles. The molecule has 5 N–H and O–H groups in total. The van der Waals surface area contributed by atoms with Gasteiger partial charge in [0, 0.05) is 0 Å². The fraction of sp³-hybridized carbons (Fsp3) is 0.667. The Hall–Kier alpha value is -1.63. The van der Waals surface area contributed by atoms with Gasteiger partial charge in [0.05, 0.1) is 6.61 Å². The lowest BCUT2D eigenvalue weighted by Crippen LogP contribution is -2.58. The monoisotopic (exact) mass is 231 g/mol. The molecule has 0 aromatic heterocycles. The van der Waals surface area contributed by atoms with Gasteiger partial charge in [-0.1, -0.05) is 0 Å². The maximum atomic E-state index is 11.4. The zero-order valence-electron chi connectivity index (χ0n) is 9.57. The van der Waals surface area contributed by atoms with Gasteiger partial charge < -0.3 is 21.5 Å². The van der Waals surface area contributed by atoms with E-state index in [1.807, 2.05) is 0 Å². The summed E-state index contributed by atoms with van der Waals surface area (Å²) in [6, 6.07) is -1.46. The predicted molar refractivity (Wildman–Crippen MR) is 56.0 cm³/mol. The summed E-state index contributed by atoms with van der Waals surface area (Å²) in [4.78, 5) is 33.5. The lowest BCUT2D eigenvalue weighted by molar-refractivity contribution is -0.149. The van der Waals surface area contributed by atoms with Crippen LogP contribution in [0.25, 0.3) is 0 Å². The topological polar surface area (TPSA) is 125 Å². The van der Waals surface area contributed by atoms with Gasteiger partial charge >= 0.3 is 5.97 Å². The van der Waals surface area contributed by atoms with Gasteiger partial charge in [0.15, 0.2) is 6.04 Å². The number of rotatable bonds is 5. The third kappa shape index (κ3) is 3.85. The van der Waals surface area contributed by atoms with Crippen molar-refractivity contribution in [3.8, 4) is 0 Å². The predicted octanol–water partition coefficient (Wildman–Crippen LogP) is -1.74. The zero-order chi connectivity index (χ0) is 12.9. The first kappa shape index (κ1) is 14.4. The van der Waals surface area contributed by atoms with Gasteiger partial charge in [0.25, 0.3) is 0 Å². The summed E-state index contributed by atoms with van der Waals surface area (Å²) in [5, 5.41) is 2.26. The Labute approximate surface area is 93.5 Å². The molecule has 0 aromatic rings. The van der Waals surface area contributed by atoms with Crippen LogP contribution < -0.4 is 16.8 Å². The Bertz CT molecular complexity index is 301. The van der Waals surface area contributed by atoms with Crippen LogP contribution >= 0.6 is 0 Å². The largest absolute Gasteiger partial charge is 0.464 e. The van der Waals surface area contributed by atoms with E-state index in [2.05, 4.69) is 10.1 Å². The number of carbonyl (C=O) groups is 3. The van der Waals surface area contributed by atoms with Crippen molar-refractivity contribution in [1.82, 2.24) is 5.32 Å². The number of amides is 2. The van der Waals surface area contributed by atoms with Gasteiger partial charge in [-0.3, -0.25) is 9.59 Å². The summed E-state index contributed by atoms with van der Waals surface area (Å²) in [5.74, 6) is -2.38. The molecule has 0 aliphatic carbocycles. The quantitative estimate of drug-likeness (QED) is 0.382. The Kier molecular flexibility index (Phi) is 4.90. The van der Waals surface area contributed by atoms with Crippen LogP contribution in [0.5, 0.6) is 0 Å². The van der Waals surface area contributed by atoms with Crippen LogP contribution in [-0.4, -0.2) is 36.0 Å². The second kappa shape index (κ2) is 5.45. The van der Waals surface area contributed by atoms with Crippen LogP contribution in [0.2, 0.25) is 0 Å². The zero-order valence-corrected chi connectivity index (χ0v) is 9.57. The molecular formula is C9H17N3O4. The minimum Gasteiger partial charge on any atom is -0.464 e. The first-order valence-electron chi connectivity index (χ1n) is 4.76. The average Bonchev–Trinajstić information content (AvgIpc) is 2.15. The van der Waals surface area contributed by atoms with E-state index in [1.54, 1.807) is 6.92 Å². The molecule has 7 heteroatoms. The molecule has 0 aliphatic rings. The summed E-state index contributed by atoms with van der Waals surface area (Å²) >= 11 is 0. The Morgan fingerprint density at radius 2 is 1.88 bits per heavy atom. The lowest BCUT2D eigenvalue weighted by atomic mass is 10.0. The van der Waals surface area contributed by atoms with Crippen LogP contribution in [0.3, 0.4) is 0 Å². The van der Waals surface area contributed by atoms with Crippen LogP contribution in [0.15, 0.2) is 0 Å². The lowest BCUT2D eigenvalue weighted by Gasteiger charge is -2.23. The maximum absolute atomic E-state index is 11.4. The smallest absolute Gasteiger partial charge is 0.332 e. The van der Waals surface area contributed by atoms with Crippen molar-refractivity contribution < 1.29 is 19.1 Å². The molecule has 16 heavy (non-hydrogen) atoms. The van der Waals surface area contributed by atoms with E-state index in [-0.39, 0.29) is 6.61 Å². The van der Waals surface area contributed by atoms with Crippen molar-refractivity contribution in [2.75, 3.05) is 6.61 Å².